The third kappa shape index (κ3) is 4.30. The normalized spacial score (nSPS) is 12.0. The molecular formula is C16H28O4Si. The number of hydrogen-bond acceptors (Lipinski definition) is 4. The van der Waals surface area contributed by atoms with Crippen molar-refractivity contribution in [1.29, 1.82) is 0 Å². The molecule has 4 nitrogen and oxygen atoms in total. The van der Waals surface area contributed by atoms with E-state index in [2.05, 4.69) is 13.2 Å². The van der Waals surface area contributed by atoms with Crippen LogP contribution in [0.15, 0.2) is 24.3 Å². The molecule has 0 unspecified atom stereocenters. The summed E-state index contributed by atoms with van der Waals surface area (Å²) in [5.41, 5.74) is 0.510. The van der Waals surface area contributed by atoms with E-state index in [1.54, 1.807) is 13.8 Å². The van der Waals surface area contributed by atoms with E-state index < -0.39 is 25.5 Å². The quantitative estimate of drug-likeness (QED) is 0.520. The number of hydrogen-bond donors (Lipinski definition) is 0. The van der Waals surface area contributed by atoms with Crippen LogP contribution in [0.5, 0.6) is 0 Å². The molecule has 0 aliphatic carbocycles. The Morgan fingerprint density at radius 1 is 1.05 bits per heavy atom. The Hall–Kier alpha value is -1.36. The van der Waals surface area contributed by atoms with Gasteiger partial charge in [0, 0.05) is 21.7 Å². The Morgan fingerprint density at radius 2 is 1.38 bits per heavy atom. The van der Waals surface area contributed by atoms with E-state index in [-0.39, 0.29) is 5.54 Å². The number of carbonyl (C=O) groups is 2. The van der Waals surface area contributed by atoms with Gasteiger partial charge in [-0.15, -0.1) is 0 Å². The van der Waals surface area contributed by atoms with Gasteiger partial charge in [0.05, 0.1) is 0 Å². The molecule has 0 rings (SSSR count). The van der Waals surface area contributed by atoms with Gasteiger partial charge in [-0.25, -0.2) is 9.59 Å². The van der Waals surface area contributed by atoms with E-state index in [4.69, 9.17) is 8.85 Å². The molecule has 0 aliphatic heterocycles. The predicted molar refractivity (Wildman–Crippen MR) is 87.0 cm³/mol. The molecule has 0 aliphatic rings. The van der Waals surface area contributed by atoms with Crippen molar-refractivity contribution < 1.29 is 18.4 Å². The molecule has 0 saturated heterocycles. The molecule has 0 atom stereocenters. The van der Waals surface area contributed by atoms with Crippen molar-refractivity contribution in [2.75, 3.05) is 0 Å². The van der Waals surface area contributed by atoms with E-state index in [9.17, 15) is 9.59 Å². The molecule has 21 heavy (non-hydrogen) atoms. The second-order valence-electron chi connectivity index (χ2n) is 6.40. The van der Waals surface area contributed by atoms with Crippen molar-refractivity contribution in [3.05, 3.63) is 24.3 Å². The molecule has 0 radical (unpaired) electrons. The van der Waals surface area contributed by atoms with Crippen molar-refractivity contribution in [3.63, 3.8) is 0 Å². The molecule has 0 spiro atoms. The maximum Gasteiger partial charge on any atom is 0.473 e. The SMILES string of the molecule is C=C(C)C(=O)O[Si](OC(=O)C(=C)C)(C(C)C)C(C)(C)CC. The highest BCUT2D eigenvalue weighted by Crippen LogP contribution is 2.48. The van der Waals surface area contributed by atoms with Crippen LogP contribution in [0.2, 0.25) is 10.6 Å². The summed E-state index contributed by atoms with van der Waals surface area (Å²) in [4.78, 5) is 24.2. The number of carbonyl (C=O) groups excluding carboxylic acids is 2. The van der Waals surface area contributed by atoms with Gasteiger partial charge in [0.1, 0.15) is 0 Å². The summed E-state index contributed by atoms with van der Waals surface area (Å²) in [5, 5.41) is -0.419. The minimum atomic E-state index is -3.17. The fourth-order valence-electron chi connectivity index (χ4n) is 2.01. The van der Waals surface area contributed by atoms with E-state index >= 15 is 0 Å². The first-order valence-corrected chi connectivity index (χ1v) is 9.08. The van der Waals surface area contributed by atoms with Gasteiger partial charge in [-0.2, -0.15) is 0 Å². The fourth-order valence-corrected chi connectivity index (χ4v) is 6.03. The summed E-state index contributed by atoms with van der Waals surface area (Å²) in [6.45, 7) is 20.2. The first-order chi connectivity index (χ1) is 9.41. The zero-order valence-corrected chi connectivity index (χ0v) is 15.3. The molecule has 0 aromatic rings. The predicted octanol–water partition coefficient (Wildman–Crippen LogP) is 4.27. The molecule has 0 bridgehead atoms. The first-order valence-electron chi connectivity index (χ1n) is 7.19. The summed E-state index contributed by atoms with van der Waals surface area (Å²) >= 11 is 0. The topological polar surface area (TPSA) is 52.6 Å². The molecule has 120 valence electrons. The lowest BCUT2D eigenvalue weighted by molar-refractivity contribution is -0.138. The van der Waals surface area contributed by atoms with Crippen LogP contribution in [-0.2, 0) is 18.4 Å². The van der Waals surface area contributed by atoms with Gasteiger partial charge in [-0.1, -0.05) is 47.8 Å². The molecule has 0 N–H and O–H groups in total. The van der Waals surface area contributed by atoms with Crippen molar-refractivity contribution >= 4 is 20.5 Å². The van der Waals surface area contributed by atoms with Crippen LogP contribution in [0.1, 0.15) is 54.9 Å². The van der Waals surface area contributed by atoms with Gasteiger partial charge in [-0.05, 0) is 20.3 Å². The lowest BCUT2D eigenvalue weighted by atomic mass is 10.1. The smallest absolute Gasteiger partial charge is 0.473 e. The number of rotatable bonds is 7. The lowest BCUT2D eigenvalue weighted by Gasteiger charge is -2.43. The van der Waals surface area contributed by atoms with Crippen molar-refractivity contribution in [2.45, 2.75) is 65.5 Å². The highest BCUT2D eigenvalue weighted by atomic mass is 28.4. The monoisotopic (exact) mass is 312 g/mol. The fraction of sp³-hybridized carbons (Fsp3) is 0.625. The van der Waals surface area contributed by atoms with Crippen LogP contribution in [0.3, 0.4) is 0 Å². The highest BCUT2D eigenvalue weighted by molar-refractivity contribution is 6.75. The van der Waals surface area contributed by atoms with Crippen molar-refractivity contribution in [1.82, 2.24) is 0 Å². The van der Waals surface area contributed by atoms with Crippen LogP contribution in [0.25, 0.3) is 0 Å². The molecule has 0 amide bonds. The van der Waals surface area contributed by atoms with Crippen LogP contribution >= 0.6 is 0 Å². The second kappa shape index (κ2) is 7.07. The Bertz CT molecular complexity index is 421. The molecule has 0 fully saturated rings. The van der Waals surface area contributed by atoms with Gasteiger partial charge < -0.3 is 8.85 Å². The molecule has 0 saturated carbocycles. The zero-order valence-electron chi connectivity index (χ0n) is 14.3. The van der Waals surface area contributed by atoms with Gasteiger partial charge in [0.15, 0.2) is 0 Å². The molecule has 0 heterocycles. The largest absolute Gasteiger partial charge is 0.481 e. The summed E-state index contributed by atoms with van der Waals surface area (Å²) < 4.78 is 11.5. The maximum absolute atomic E-state index is 12.1. The van der Waals surface area contributed by atoms with Crippen molar-refractivity contribution in [2.24, 2.45) is 0 Å². The standard InChI is InChI=1S/C16H28O4Si/c1-10-16(8,9)21(13(6)7,19-14(17)11(2)3)20-15(18)12(4)5/h13H,2,4,10H2,1,3,5-9H3. The van der Waals surface area contributed by atoms with Gasteiger partial charge in [0.25, 0.3) is 0 Å². The first kappa shape index (κ1) is 19.6. The summed E-state index contributed by atoms with van der Waals surface area (Å²) in [6, 6.07) is 0. The molecule has 5 heteroatoms. The highest BCUT2D eigenvalue weighted by Gasteiger charge is 2.59. The average Bonchev–Trinajstić information content (AvgIpc) is 2.36. The Balaban J connectivity index is 5.89. The summed E-state index contributed by atoms with van der Waals surface area (Å²) in [6.07, 6.45) is 0.727. The van der Waals surface area contributed by atoms with E-state index in [1.807, 2.05) is 34.6 Å². The Kier molecular flexibility index (Phi) is 6.61. The second-order valence-corrected chi connectivity index (χ2v) is 10.7. The lowest BCUT2D eigenvalue weighted by Crippen LogP contribution is -2.56. The van der Waals surface area contributed by atoms with E-state index in [0.29, 0.717) is 11.1 Å². The Labute approximate surface area is 129 Å². The Morgan fingerprint density at radius 3 is 1.57 bits per heavy atom. The van der Waals surface area contributed by atoms with Crippen molar-refractivity contribution in [3.8, 4) is 0 Å². The third-order valence-electron chi connectivity index (χ3n) is 3.77. The minimum Gasteiger partial charge on any atom is -0.481 e. The maximum atomic E-state index is 12.1. The molecular weight excluding hydrogens is 284 g/mol. The minimum absolute atomic E-state index is 0.0842. The molecule has 0 aromatic heterocycles. The zero-order chi connectivity index (χ0) is 17.0. The van der Waals surface area contributed by atoms with Crippen LogP contribution in [0.4, 0.5) is 0 Å². The van der Waals surface area contributed by atoms with Gasteiger partial charge >= 0.3 is 20.5 Å². The van der Waals surface area contributed by atoms with Crippen LogP contribution in [0, 0.1) is 0 Å². The van der Waals surface area contributed by atoms with Gasteiger partial charge in [0.2, 0.25) is 0 Å². The van der Waals surface area contributed by atoms with E-state index in [1.165, 1.54) is 0 Å². The molecule has 0 aromatic carbocycles. The van der Waals surface area contributed by atoms with E-state index in [0.717, 1.165) is 6.42 Å². The third-order valence-corrected chi connectivity index (χ3v) is 8.51. The summed E-state index contributed by atoms with van der Waals surface area (Å²) in [7, 11) is -3.17. The summed E-state index contributed by atoms with van der Waals surface area (Å²) in [5.74, 6) is -1.02. The average molecular weight is 312 g/mol. The van der Waals surface area contributed by atoms with Crippen LogP contribution < -0.4 is 0 Å². The van der Waals surface area contributed by atoms with Crippen LogP contribution in [-0.4, -0.2) is 20.5 Å². The van der Waals surface area contributed by atoms with Gasteiger partial charge in [-0.3, -0.25) is 0 Å².